The molecule has 0 radical (unpaired) electrons. The second-order valence-corrected chi connectivity index (χ2v) is 8.85. The van der Waals surface area contributed by atoms with Crippen LogP contribution in [0.1, 0.15) is 55.3 Å². The number of rotatable bonds is 3. The Bertz CT molecular complexity index is 677. The summed E-state index contributed by atoms with van der Waals surface area (Å²) in [5.74, 6) is 3.75. The van der Waals surface area contributed by atoms with Crippen molar-refractivity contribution in [3.8, 4) is 0 Å². The minimum atomic E-state index is 0.0120. The summed E-state index contributed by atoms with van der Waals surface area (Å²) in [5, 5.41) is 3.41. The summed E-state index contributed by atoms with van der Waals surface area (Å²) in [6, 6.07) is 2.12. The molecule has 1 N–H and O–H groups in total. The number of likely N-dealkylation sites (tertiary alicyclic amines) is 1. The average molecular weight is 356 g/mol. The van der Waals surface area contributed by atoms with Crippen LogP contribution in [-0.2, 0) is 4.79 Å². The van der Waals surface area contributed by atoms with Crippen LogP contribution in [0.15, 0.2) is 23.0 Å². The molecule has 3 aliphatic carbocycles. The van der Waals surface area contributed by atoms with Gasteiger partial charge in [0.25, 0.3) is 5.91 Å². The highest BCUT2D eigenvalue weighted by molar-refractivity contribution is 5.94. The van der Waals surface area contributed by atoms with E-state index in [1.807, 2.05) is 4.90 Å². The van der Waals surface area contributed by atoms with Crippen LogP contribution < -0.4 is 5.32 Å². The lowest BCUT2D eigenvalue weighted by Crippen LogP contribution is -2.48. The standard InChI is InChI=1S/C21H28N2O3/c24-20(22-19-11-15-10-18(19)17-3-1-2-16(15)17)13-4-7-23(8-5-13)21(25)14-6-9-26-12-14/h6,9,12-13,15-19H,1-5,7-8,10-11H2,(H,22,24). The van der Waals surface area contributed by atoms with Crippen molar-refractivity contribution in [2.75, 3.05) is 13.1 Å². The molecule has 0 spiro atoms. The zero-order valence-corrected chi connectivity index (χ0v) is 15.2. The van der Waals surface area contributed by atoms with Gasteiger partial charge in [0.2, 0.25) is 5.91 Å². The average Bonchev–Trinajstić information content (AvgIpc) is 3.43. The Labute approximate surface area is 154 Å². The van der Waals surface area contributed by atoms with Gasteiger partial charge in [-0.3, -0.25) is 9.59 Å². The molecule has 0 aromatic carbocycles. The molecule has 4 fully saturated rings. The highest BCUT2D eigenvalue weighted by Gasteiger charge is 2.54. The molecule has 5 heteroatoms. The van der Waals surface area contributed by atoms with Gasteiger partial charge in [-0.05, 0) is 68.3 Å². The van der Waals surface area contributed by atoms with Crippen LogP contribution in [0, 0.1) is 29.6 Å². The summed E-state index contributed by atoms with van der Waals surface area (Å²) in [6.45, 7) is 1.31. The van der Waals surface area contributed by atoms with Crippen molar-refractivity contribution >= 4 is 11.8 Å². The summed E-state index contributed by atoms with van der Waals surface area (Å²) in [6.07, 6.45) is 11.3. The number of carbonyl (C=O) groups is 2. The van der Waals surface area contributed by atoms with Gasteiger partial charge in [-0.1, -0.05) is 6.42 Å². The second-order valence-electron chi connectivity index (χ2n) is 8.85. The fourth-order valence-electron chi connectivity index (χ4n) is 6.45. The van der Waals surface area contributed by atoms with Gasteiger partial charge in [0.05, 0.1) is 11.8 Å². The highest BCUT2D eigenvalue weighted by atomic mass is 16.3. The highest BCUT2D eigenvalue weighted by Crippen LogP contribution is 2.58. The van der Waals surface area contributed by atoms with Gasteiger partial charge in [0.15, 0.2) is 0 Å². The van der Waals surface area contributed by atoms with Crippen LogP contribution in [0.2, 0.25) is 0 Å². The zero-order valence-electron chi connectivity index (χ0n) is 15.2. The number of carbonyl (C=O) groups excluding carboxylic acids is 2. The quantitative estimate of drug-likeness (QED) is 0.905. The lowest BCUT2D eigenvalue weighted by atomic mass is 9.79. The number of hydrogen-bond acceptors (Lipinski definition) is 3. The Morgan fingerprint density at radius 2 is 1.85 bits per heavy atom. The molecule has 1 aromatic rings. The van der Waals surface area contributed by atoms with Crippen molar-refractivity contribution in [3.05, 3.63) is 24.2 Å². The maximum Gasteiger partial charge on any atom is 0.257 e. The molecule has 3 saturated carbocycles. The first-order chi connectivity index (χ1) is 12.7. The van der Waals surface area contributed by atoms with E-state index in [1.54, 1.807) is 6.07 Å². The van der Waals surface area contributed by atoms with Crippen LogP contribution in [0.25, 0.3) is 0 Å². The fraction of sp³-hybridized carbons (Fsp3) is 0.714. The molecule has 5 nitrogen and oxygen atoms in total. The van der Waals surface area contributed by atoms with Crippen molar-refractivity contribution in [3.63, 3.8) is 0 Å². The number of amides is 2. The molecule has 2 heterocycles. The van der Waals surface area contributed by atoms with Gasteiger partial charge < -0.3 is 14.6 Å². The largest absolute Gasteiger partial charge is 0.472 e. The van der Waals surface area contributed by atoms with Crippen molar-refractivity contribution in [2.24, 2.45) is 29.6 Å². The maximum atomic E-state index is 12.8. The van der Waals surface area contributed by atoms with Crippen LogP contribution in [0.3, 0.4) is 0 Å². The minimum absolute atomic E-state index is 0.0120. The SMILES string of the molecule is O=C(NC1CC2CC1C1CCCC21)C1CCN(C(=O)c2ccoc2)CC1. The van der Waals surface area contributed by atoms with E-state index in [2.05, 4.69) is 5.32 Å². The van der Waals surface area contributed by atoms with Crippen molar-refractivity contribution in [2.45, 2.75) is 51.0 Å². The molecule has 4 aliphatic rings. The molecule has 26 heavy (non-hydrogen) atoms. The predicted octanol–water partition coefficient (Wildman–Crippen LogP) is 3.07. The lowest BCUT2D eigenvalue weighted by molar-refractivity contribution is -0.127. The summed E-state index contributed by atoms with van der Waals surface area (Å²) in [4.78, 5) is 27.0. The van der Waals surface area contributed by atoms with E-state index in [0.717, 1.165) is 36.5 Å². The number of fused-ring (bicyclic) bond motifs is 5. The molecule has 5 rings (SSSR count). The van der Waals surface area contributed by atoms with Gasteiger partial charge in [-0.25, -0.2) is 0 Å². The molecular formula is C21H28N2O3. The van der Waals surface area contributed by atoms with E-state index < -0.39 is 0 Å². The Morgan fingerprint density at radius 3 is 2.62 bits per heavy atom. The fourth-order valence-corrected chi connectivity index (χ4v) is 6.45. The molecule has 1 aromatic heterocycles. The van der Waals surface area contributed by atoms with Crippen LogP contribution >= 0.6 is 0 Å². The Morgan fingerprint density at radius 1 is 1.04 bits per heavy atom. The van der Waals surface area contributed by atoms with Crippen LogP contribution in [0.5, 0.6) is 0 Å². The molecule has 2 amide bonds. The predicted molar refractivity (Wildman–Crippen MR) is 96.3 cm³/mol. The Hall–Kier alpha value is -1.78. The van der Waals surface area contributed by atoms with Gasteiger partial charge in [0.1, 0.15) is 6.26 Å². The first-order valence-corrected chi connectivity index (χ1v) is 10.3. The maximum absolute atomic E-state index is 12.8. The molecule has 2 bridgehead atoms. The molecule has 1 saturated heterocycles. The summed E-state index contributed by atoms with van der Waals surface area (Å²) in [7, 11) is 0. The summed E-state index contributed by atoms with van der Waals surface area (Å²) < 4.78 is 5.00. The molecular weight excluding hydrogens is 328 g/mol. The first kappa shape index (κ1) is 16.4. The van der Waals surface area contributed by atoms with Crippen molar-refractivity contribution in [1.82, 2.24) is 10.2 Å². The number of hydrogen-bond donors (Lipinski definition) is 1. The molecule has 140 valence electrons. The minimum Gasteiger partial charge on any atom is -0.472 e. The smallest absolute Gasteiger partial charge is 0.257 e. The third-order valence-electron chi connectivity index (χ3n) is 7.68. The van der Waals surface area contributed by atoms with E-state index in [1.165, 1.54) is 44.6 Å². The number of piperidine rings is 1. The number of nitrogens with one attached hydrogen (secondary N) is 1. The van der Waals surface area contributed by atoms with Gasteiger partial charge in [-0.2, -0.15) is 0 Å². The number of nitrogens with zero attached hydrogens (tertiary/aromatic N) is 1. The third kappa shape index (κ3) is 2.67. The normalized spacial score (nSPS) is 36.3. The summed E-state index contributed by atoms with van der Waals surface area (Å²) >= 11 is 0. The molecule has 5 atom stereocenters. The Kier molecular flexibility index (Phi) is 4.06. The summed E-state index contributed by atoms with van der Waals surface area (Å²) in [5.41, 5.74) is 0.598. The van der Waals surface area contributed by atoms with Crippen LogP contribution in [-0.4, -0.2) is 35.8 Å². The first-order valence-electron chi connectivity index (χ1n) is 10.3. The molecule has 1 aliphatic heterocycles. The number of furan rings is 1. The van der Waals surface area contributed by atoms with E-state index in [4.69, 9.17) is 4.42 Å². The second kappa shape index (κ2) is 6.43. The van der Waals surface area contributed by atoms with E-state index >= 15 is 0 Å². The van der Waals surface area contributed by atoms with Crippen molar-refractivity contribution < 1.29 is 14.0 Å². The third-order valence-corrected chi connectivity index (χ3v) is 7.68. The zero-order chi connectivity index (χ0) is 17.7. The lowest BCUT2D eigenvalue weighted by Gasteiger charge is -2.35. The van der Waals surface area contributed by atoms with Crippen LogP contribution in [0.4, 0.5) is 0 Å². The van der Waals surface area contributed by atoms with Crippen molar-refractivity contribution in [1.29, 1.82) is 0 Å². The van der Waals surface area contributed by atoms with Gasteiger partial charge in [-0.15, -0.1) is 0 Å². The topological polar surface area (TPSA) is 62.6 Å². The monoisotopic (exact) mass is 356 g/mol. The molecule has 5 unspecified atom stereocenters. The Balaban J connectivity index is 1.14. The van der Waals surface area contributed by atoms with E-state index in [-0.39, 0.29) is 17.7 Å². The van der Waals surface area contributed by atoms with Gasteiger partial charge >= 0.3 is 0 Å². The van der Waals surface area contributed by atoms with E-state index in [0.29, 0.717) is 24.7 Å². The van der Waals surface area contributed by atoms with E-state index in [9.17, 15) is 9.59 Å². The van der Waals surface area contributed by atoms with Gasteiger partial charge in [0, 0.05) is 25.0 Å².